The van der Waals surface area contributed by atoms with Crippen molar-refractivity contribution in [2.24, 2.45) is 0 Å². The molecular weight excluding hydrogens is 170 g/mol. The van der Waals surface area contributed by atoms with Crippen molar-refractivity contribution in [1.29, 1.82) is 0 Å². The Labute approximate surface area is 79.6 Å². The first-order chi connectivity index (χ1) is 5.42. The van der Waals surface area contributed by atoms with E-state index in [0.29, 0.717) is 0 Å². The van der Waals surface area contributed by atoms with Gasteiger partial charge in [-0.25, -0.2) is 0 Å². The maximum absolute atomic E-state index is 3.23. The second-order valence-electron chi connectivity index (χ2n) is 3.05. The predicted molar refractivity (Wildman–Crippen MR) is 55.3 cm³/mol. The quantitative estimate of drug-likeness (QED) is 0.706. The van der Waals surface area contributed by atoms with E-state index in [1.54, 1.807) is 0 Å². The van der Waals surface area contributed by atoms with Crippen molar-refractivity contribution in [3.8, 4) is 0 Å². The number of anilines is 1. The maximum atomic E-state index is 3.23. The fourth-order valence-electron chi connectivity index (χ4n) is 1.85. The number of benzene rings is 1. The van der Waals surface area contributed by atoms with E-state index in [0.717, 1.165) is 0 Å². The zero-order chi connectivity index (χ0) is 7.68. The molecule has 0 aromatic heterocycles. The summed E-state index contributed by atoms with van der Waals surface area (Å²) in [4.78, 5) is 0. The first kappa shape index (κ1) is 9.40. The van der Waals surface area contributed by atoms with Crippen LogP contribution in [0, 0.1) is 0 Å². The summed E-state index contributed by atoms with van der Waals surface area (Å²) < 4.78 is 0. The molecule has 1 aromatic rings. The number of hydrogen-bond donors (Lipinski definition) is 1. The second kappa shape index (κ2) is 3.81. The summed E-state index contributed by atoms with van der Waals surface area (Å²) in [6, 6.07) is 6.53. The van der Waals surface area contributed by atoms with E-state index in [1.807, 2.05) is 7.05 Å². The summed E-state index contributed by atoms with van der Waals surface area (Å²) in [6.45, 7) is 0. The van der Waals surface area contributed by atoms with E-state index in [9.17, 15) is 0 Å². The molecule has 1 aliphatic carbocycles. The zero-order valence-electron chi connectivity index (χ0n) is 7.26. The summed E-state index contributed by atoms with van der Waals surface area (Å²) in [7, 11) is 1.99. The SMILES string of the molecule is CNc1cccc2c1CCC2.Cl. The third-order valence-corrected chi connectivity index (χ3v) is 2.42. The fourth-order valence-corrected chi connectivity index (χ4v) is 1.85. The Balaban J connectivity index is 0.000000720. The molecule has 1 nitrogen and oxygen atoms in total. The van der Waals surface area contributed by atoms with Crippen LogP contribution >= 0.6 is 12.4 Å². The van der Waals surface area contributed by atoms with Crippen LogP contribution in [-0.4, -0.2) is 7.05 Å². The average molecular weight is 184 g/mol. The molecule has 1 aliphatic rings. The Hall–Kier alpha value is -0.690. The van der Waals surface area contributed by atoms with Gasteiger partial charge in [-0.2, -0.15) is 0 Å². The lowest BCUT2D eigenvalue weighted by Crippen LogP contribution is -1.93. The third-order valence-electron chi connectivity index (χ3n) is 2.42. The number of aryl methyl sites for hydroxylation is 1. The van der Waals surface area contributed by atoms with Crippen LogP contribution in [0.25, 0.3) is 0 Å². The zero-order valence-corrected chi connectivity index (χ0v) is 8.08. The van der Waals surface area contributed by atoms with Crippen LogP contribution in [0.15, 0.2) is 18.2 Å². The van der Waals surface area contributed by atoms with Gasteiger partial charge < -0.3 is 5.32 Å². The van der Waals surface area contributed by atoms with Gasteiger partial charge in [0.25, 0.3) is 0 Å². The highest BCUT2D eigenvalue weighted by Gasteiger charge is 2.12. The minimum Gasteiger partial charge on any atom is -0.388 e. The standard InChI is InChI=1S/C10H13N.ClH/c1-11-10-7-3-5-8-4-2-6-9(8)10;/h3,5,7,11H,2,4,6H2,1H3;1H. The molecule has 2 heteroatoms. The van der Waals surface area contributed by atoms with Gasteiger partial charge in [-0.15, -0.1) is 12.4 Å². The van der Waals surface area contributed by atoms with Crippen LogP contribution in [0.3, 0.4) is 0 Å². The Kier molecular flexibility index (Phi) is 2.99. The van der Waals surface area contributed by atoms with Crippen LogP contribution < -0.4 is 5.32 Å². The summed E-state index contributed by atoms with van der Waals surface area (Å²) in [6.07, 6.45) is 3.85. The Morgan fingerprint density at radius 2 is 2.08 bits per heavy atom. The lowest BCUT2D eigenvalue weighted by molar-refractivity contribution is 0.912. The van der Waals surface area contributed by atoms with Crippen molar-refractivity contribution in [2.45, 2.75) is 19.3 Å². The molecule has 1 aromatic carbocycles. The third kappa shape index (κ3) is 1.42. The molecule has 0 bridgehead atoms. The number of hydrogen-bond acceptors (Lipinski definition) is 1. The van der Waals surface area contributed by atoms with Gasteiger partial charge in [-0.1, -0.05) is 12.1 Å². The van der Waals surface area contributed by atoms with Crippen molar-refractivity contribution < 1.29 is 0 Å². The van der Waals surface area contributed by atoms with Gasteiger partial charge in [0.1, 0.15) is 0 Å². The molecule has 2 rings (SSSR count). The van der Waals surface area contributed by atoms with Gasteiger partial charge in [0.05, 0.1) is 0 Å². The number of rotatable bonds is 1. The summed E-state index contributed by atoms with van der Waals surface area (Å²) in [5, 5.41) is 3.23. The largest absolute Gasteiger partial charge is 0.388 e. The highest BCUT2D eigenvalue weighted by Crippen LogP contribution is 2.27. The fraction of sp³-hybridized carbons (Fsp3) is 0.400. The maximum Gasteiger partial charge on any atom is 0.0372 e. The number of fused-ring (bicyclic) bond motifs is 1. The molecule has 0 radical (unpaired) electrons. The van der Waals surface area contributed by atoms with E-state index in [-0.39, 0.29) is 12.4 Å². The van der Waals surface area contributed by atoms with E-state index in [2.05, 4.69) is 23.5 Å². The molecule has 1 N–H and O–H groups in total. The minimum atomic E-state index is 0. The van der Waals surface area contributed by atoms with Crippen molar-refractivity contribution in [1.82, 2.24) is 0 Å². The van der Waals surface area contributed by atoms with Crippen LogP contribution in [-0.2, 0) is 12.8 Å². The molecule has 0 fully saturated rings. The summed E-state index contributed by atoms with van der Waals surface area (Å²) >= 11 is 0. The lowest BCUT2D eigenvalue weighted by atomic mass is 10.1. The van der Waals surface area contributed by atoms with Crippen molar-refractivity contribution >= 4 is 18.1 Å². The molecule has 0 saturated heterocycles. The average Bonchev–Trinajstić information content (AvgIpc) is 2.50. The minimum absolute atomic E-state index is 0. The Morgan fingerprint density at radius 3 is 2.83 bits per heavy atom. The van der Waals surface area contributed by atoms with Gasteiger partial charge in [0, 0.05) is 12.7 Å². The van der Waals surface area contributed by atoms with Crippen LogP contribution in [0.2, 0.25) is 0 Å². The highest BCUT2D eigenvalue weighted by molar-refractivity contribution is 5.85. The molecule has 0 saturated carbocycles. The first-order valence-electron chi connectivity index (χ1n) is 4.20. The van der Waals surface area contributed by atoms with E-state index >= 15 is 0 Å². The van der Waals surface area contributed by atoms with Crippen molar-refractivity contribution in [2.75, 3.05) is 12.4 Å². The van der Waals surface area contributed by atoms with Gasteiger partial charge in [-0.3, -0.25) is 0 Å². The molecule has 0 heterocycles. The van der Waals surface area contributed by atoms with E-state index in [1.165, 1.54) is 36.1 Å². The summed E-state index contributed by atoms with van der Waals surface area (Å²) in [5.74, 6) is 0. The second-order valence-corrected chi connectivity index (χ2v) is 3.05. The molecule has 0 atom stereocenters. The highest BCUT2D eigenvalue weighted by atomic mass is 35.5. The van der Waals surface area contributed by atoms with E-state index in [4.69, 9.17) is 0 Å². The van der Waals surface area contributed by atoms with Crippen molar-refractivity contribution in [3.05, 3.63) is 29.3 Å². The number of halogens is 1. The van der Waals surface area contributed by atoms with Gasteiger partial charge in [0.15, 0.2) is 0 Å². The molecule has 12 heavy (non-hydrogen) atoms. The molecule has 0 amide bonds. The predicted octanol–water partition coefficient (Wildman–Crippen LogP) is 2.64. The molecule has 0 unspecified atom stereocenters. The Bertz CT molecular complexity index is 271. The molecule has 0 spiro atoms. The lowest BCUT2D eigenvalue weighted by Gasteiger charge is -2.06. The smallest absolute Gasteiger partial charge is 0.0372 e. The number of nitrogens with one attached hydrogen (secondary N) is 1. The van der Waals surface area contributed by atoms with Crippen LogP contribution in [0.5, 0.6) is 0 Å². The normalized spacial score (nSPS) is 13.4. The van der Waals surface area contributed by atoms with Crippen molar-refractivity contribution in [3.63, 3.8) is 0 Å². The van der Waals surface area contributed by atoms with Crippen LogP contribution in [0.4, 0.5) is 5.69 Å². The molecule has 66 valence electrons. The van der Waals surface area contributed by atoms with Crippen LogP contribution in [0.1, 0.15) is 17.5 Å². The van der Waals surface area contributed by atoms with E-state index < -0.39 is 0 Å². The summed E-state index contributed by atoms with van der Waals surface area (Å²) in [5.41, 5.74) is 4.40. The Morgan fingerprint density at radius 1 is 1.25 bits per heavy atom. The topological polar surface area (TPSA) is 12.0 Å². The van der Waals surface area contributed by atoms with Gasteiger partial charge >= 0.3 is 0 Å². The van der Waals surface area contributed by atoms with Gasteiger partial charge in [0.2, 0.25) is 0 Å². The van der Waals surface area contributed by atoms with Gasteiger partial charge in [-0.05, 0) is 36.5 Å². The first-order valence-corrected chi connectivity index (χ1v) is 4.20. The monoisotopic (exact) mass is 183 g/mol. The molecular formula is C10H14ClN. The molecule has 0 aliphatic heterocycles.